The van der Waals surface area contributed by atoms with E-state index in [0.717, 1.165) is 182 Å². The van der Waals surface area contributed by atoms with Crippen molar-refractivity contribution in [3.63, 3.8) is 0 Å². The Bertz CT molecular complexity index is 3220. The van der Waals surface area contributed by atoms with Crippen molar-refractivity contribution in [2.75, 3.05) is 66.1 Å². The van der Waals surface area contributed by atoms with Crippen LogP contribution in [0.3, 0.4) is 0 Å². The van der Waals surface area contributed by atoms with Crippen LogP contribution in [0.15, 0.2) is 146 Å². The van der Waals surface area contributed by atoms with Gasteiger partial charge in [0, 0.05) is 75.6 Å². The monoisotopic (exact) mass is 991 g/mol. The van der Waals surface area contributed by atoms with Crippen LogP contribution in [0, 0.1) is 10.8 Å². The molecule has 9 aromatic rings. The van der Waals surface area contributed by atoms with Gasteiger partial charge in [-0.25, -0.2) is 9.97 Å². The van der Waals surface area contributed by atoms with E-state index in [1.54, 1.807) is 0 Å². The Labute approximate surface area is 435 Å². The fourth-order valence-corrected chi connectivity index (χ4v) is 10.6. The van der Waals surface area contributed by atoms with Gasteiger partial charge in [0.25, 0.3) is 0 Å². The second-order valence-corrected chi connectivity index (χ2v) is 20.8. The summed E-state index contributed by atoms with van der Waals surface area (Å²) in [6.07, 6.45) is 8.43. The number of nitrogens with zero attached hydrogens (tertiary/aromatic N) is 4. The third-order valence-corrected chi connectivity index (χ3v) is 15.5. The Morgan fingerprint density at radius 2 is 0.851 bits per heavy atom. The Morgan fingerprint density at radius 3 is 1.30 bits per heavy atom. The molecule has 0 aliphatic carbocycles. The first kappa shape index (κ1) is 49.9. The highest BCUT2D eigenvalue weighted by Crippen LogP contribution is 2.41. The van der Waals surface area contributed by atoms with Crippen LogP contribution in [-0.4, -0.2) is 85.2 Å². The van der Waals surface area contributed by atoms with Crippen molar-refractivity contribution >= 4 is 43.6 Å². The lowest BCUT2D eigenvalue weighted by Gasteiger charge is -2.40. The van der Waals surface area contributed by atoms with E-state index in [-0.39, 0.29) is 10.8 Å². The molecule has 0 bridgehead atoms. The topological polar surface area (TPSA) is 91.0 Å². The summed E-state index contributed by atoms with van der Waals surface area (Å²) >= 11 is 0. The van der Waals surface area contributed by atoms with E-state index in [1.807, 2.05) is 12.1 Å². The third kappa shape index (κ3) is 10.8. The molecule has 10 heteroatoms. The Morgan fingerprint density at radius 1 is 0.432 bits per heavy atom. The van der Waals surface area contributed by atoms with Gasteiger partial charge in [-0.15, -0.1) is 0 Å². The van der Waals surface area contributed by atoms with Gasteiger partial charge in [0.05, 0.1) is 86.3 Å². The number of hydrogen-bond donors (Lipinski definition) is 0. The minimum Gasteiger partial charge on any atom is -0.381 e. The van der Waals surface area contributed by atoms with Gasteiger partial charge in [-0.05, 0) is 117 Å². The first-order valence-electron chi connectivity index (χ1n) is 27.1. The number of aromatic nitrogens is 4. The van der Waals surface area contributed by atoms with Gasteiger partial charge in [-0.3, -0.25) is 4.57 Å². The maximum atomic E-state index is 6.37. The van der Waals surface area contributed by atoms with E-state index in [4.69, 9.17) is 38.4 Å². The Kier molecular flexibility index (Phi) is 15.6. The summed E-state index contributed by atoms with van der Waals surface area (Å²) in [7, 11) is 0. The SMILES string of the molecule is CCC1(COCCCCCOCc2ccc3c(c2)c2cc4c(cc2n3-c2ccccc2)c2cc(COCCCCCOCC3(CC)COC3)ccc2n4-c2nc(-c3ccccc3)cc(-c3ccccc3)n2)COC1. The number of fused-ring (bicyclic) bond motifs is 6. The molecule has 74 heavy (non-hydrogen) atoms. The summed E-state index contributed by atoms with van der Waals surface area (Å²) in [6.45, 7) is 13.4. The molecule has 2 aliphatic heterocycles. The predicted molar refractivity (Wildman–Crippen MR) is 297 cm³/mol. The normalized spacial score (nSPS) is 15.1. The van der Waals surface area contributed by atoms with Crippen molar-refractivity contribution in [1.82, 2.24) is 19.1 Å². The zero-order valence-electron chi connectivity index (χ0n) is 43.2. The van der Waals surface area contributed by atoms with E-state index >= 15 is 0 Å². The van der Waals surface area contributed by atoms with Gasteiger partial charge in [-0.2, -0.15) is 0 Å². The molecule has 0 saturated carbocycles. The van der Waals surface area contributed by atoms with Crippen LogP contribution in [0.2, 0.25) is 0 Å². The molecular weight excluding hydrogens is 921 g/mol. The summed E-state index contributed by atoms with van der Waals surface area (Å²) in [5, 5.41) is 4.57. The van der Waals surface area contributed by atoms with Crippen molar-refractivity contribution in [2.24, 2.45) is 10.8 Å². The third-order valence-electron chi connectivity index (χ3n) is 15.5. The molecule has 0 radical (unpaired) electrons. The van der Waals surface area contributed by atoms with E-state index in [9.17, 15) is 0 Å². The fourth-order valence-electron chi connectivity index (χ4n) is 10.6. The van der Waals surface area contributed by atoms with Gasteiger partial charge in [0.1, 0.15) is 0 Å². The van der Waals surface area contributed by atoms with E-state index in [1.165, 1.54) is 5.39 Å². The standard InChI is InChI=1S/C64H70N4O6/c1-3-63(43-73-44-63)41-71-32-18-8-16-30-69-39-47-26-28-58-52(34-47)54-37-61-55(36-60(54)67(58)51-24-14-7-15-25-51)53-35-48(40-70-31-17-9-19-33-72-42-64(4-2)45-74-46-64)27-29-59(53)68(61)62-65-56(49-20-10-5-11-21-49)38-57(66-62)50-22-12-6-13-23-50/h5-7,10-15,20-29,34-38H,3-4,8-9,16-19,30-33,39-46H2,1-2H3. The minimum atomic E-state index is 0.230. The maximum Gasteiger partial charge on any atom is 0.235 e. The molecule has 0 amide bonds. The minimum absolute atomic E-state index is 0.230. The lowest BCUT2D eigenvalue weighted by Crippen LogP contribution is -2.45. The molecule has 2 saturated heterocycles. The van der Waals surface area contributed by atoms with Crippen LogP contribution < -0.4 is 0 Å². The highest BCUT2D eigenvalue weighted by molar-refractivity contribution is 6.19. The maximum absolute atomic E-state index is 6.37. The molecule has 0 atom stereocenters. The summed E-state index contributed by atoms with van der Waals surface area (Å²) in [5.41, 5.74) is 12.0. The first-order valence-corrected chi connectivity index (χ1v) is 27.1. The number of ether oxygens (including phenoxy) is 6. The van der Waals surface area contributed by atoms with Gasteiger partial charge >= 0.3 is 0 Å². The van der Waals surface area contributed by atoms with Crippen LogP contribution in [0.25, 0.3) is 77.8 Å². The van der Waals surface area contributed by atoms with Crippen molar-refractivity contribution in [1.29, 1.82) is 0 Å². The van der Waals surface area contributed by atoms with Crippen molar-refractivity contribution in [3.05, 3.63) is 157 Å². The predicted octanol–water partition coefficient (Wildman–Crippen LogP) is 14.3. The molecule has 0 unspecified atom stereocenters. The highest BCUT2D eigenvalue weighted by atomic mass is 16.5. The van der Waals surface area contributed by atoms with Crippen molar-refractivity contribution in [2.45, 2.75) is 78.4 Å². The molecule has 2 fully saturated rings. The van der Waals surface area contributed by atoms with E-state index in [0.29, 0.717) is 32.4 Å². The Balaban J connectivity index is 0.915. The molecule has 382 valence electrons. The van der Waals surface area contributed by atoms with Gasteiger partial charge in [0.2, 0.25) is 5.95 Å². The average molecular weight is 991 g/mol. The molecule has 3 aromatic heterocycles. The van der Waals surface area contributed by atoms with Gasteiger partial charge in [-0.1, -0.05) is 105 Å². The summed E-state index contributed by atoms with van der Waals surface area (Å²) in [5.74, 6) is 0.619. The van der Waals surface area contributed by atoms with Crippen LogP contribution in [0.5, 0.6) is 0 Å². The Hall–Kier alpha value is -6.24. The second kappa shape index (κ2) is 23.1. The molecule has 11 rings (SSSR count). The molecule has 6 aromatic carbocycles. The molecule has 10 nitrogen and oxygen atoms in total. The van der Waals surface area contributed by atoms with Gasteiger partial charge in [0.15, 0.2) is 0 Å². The van der Waals surface area contributed by atoms with Crippen molar-refractivity contribution < 1.29 is 28.4 Å². The smallest absolute Gasteiger partial charge is 0.235 e. The number of para-hydroxylation sites is 1. The molecular formula is C64H70N4O6. The number of hydrogen-bond acceptors (Lipinski definition) is 8. The number of unbranched alkanes of at least 4 members (excludes halogenated alkanes) is 4. The fraction of sp³-hybridized carbons (Fsp3) is 0.375. The van der Waals surface area contributed by atoms with Crippen molar-refractivity contribution in [3.8, 4) is 34.2 Å². The van der Waals surface area contributed by atoms with Crippen LogP contribution in [0.4, 0.5) is 0 Å². The van der Waals surface area contributed by atoms with Crippen LogP contribution in [-0.2, 0) is 41.6 Å². The van der Waals surface area contributed by atoms with Gasteiger partial charge < -0.3 is 33.0 Å². The average Bonchev–Trinajstić information content (AvgIpc) is 3.93. The summed E-state index contributed by atoms with van der Waals surface area (Å²) in [4.78, 5) is 10.8. The number of rotatable bonds is 26. The molecule has 5 heterocycles. The quantitative estimate of drug-likeness (QED) is 0.0496. The molecule has 2 aliphatic rings. The summed E-state index contributed by atoms with van der Waals surface area (Å²) in [6, 6.07) is 51.9. The second-order valence-electron chi connectivity index (χ2n) is 20.8. The van der Waals surface area contributed by atoms with E-state index in [2.05, 4.69) is 156 Å². The lowest BCUT2D eigenvalue weighted by atomic mass is 9.84. The largest absolute Gasteiger partial charge is 0.381 e. The zero-order chi connectivity index (χ0) is 50.2. The van der Waals surface area contributed by atoms with E-state index < -0.39 is 0 Å². The molecule has 0 N–H and O–H groups in total. The number of benzene rings is 6. The highest BCUT2D eigenvalue weighted by Gasteiger charge is 2.37. The zero-order valence-corrected chi connectivity index (χ0v) is 43.2. The van der Waals surface area contributed by atoms with Crippen LogP contribution >= 0.6 is 0 Å². The lowest BCUT2D eigenvalue weighted by molar-refractivity contribution is -0.150. The molecule has 0 spiro atoms. The van der Waals surface area contributed by atoms with Crippen LogP contribution in [0.1, 0.15) is 76.3 Å². The first-order chi connectivity index (χ1) is 36.5. The summed E-state index contributed by atoms with van der Waals surface area (Å²) < 4.78 is 40.4.